The van der Waals surface area contributed by atoms with E-state index in [1.165, 1.54) is 0 Å². The summed E-state index contributed by atoms with van der Waals surface area (Å²) < 4.78 is 33.1. The maximum absolute atomic E-state index is 12.9. The van der Waals surface area contributed by atoms with Crippen molar-refractivity contribution >= 4 is 11.4 Å². The smallest absolute Gasteiger partial charge is 0.136 e. The summed E-state index contributed by atoms with van der Waals surface area (Å²) in [5.74, 6) is 0. The molecule has 4 atom stereocenters. The van der Waals surface area contributed by atoms with Gasteiger partial charge in [-0.2, -0.15) is 0 Å². The molecule has 6 nitrogen and oxygen atoms in total. The number of aromatic nitrogens is 1. The largest absolute Gasteiger partial charge is 0.598 e. The highest BCUT2D eigenvalue weighted by molar-refractivity contribution is 7.90. The van der Waals surface area contributed by atoms with Gasteiger partial charge in [-0.15, -0.1) is 4.72 Å². The van der Waals surface area contributed by atoms with Crippen LogP contribution in [0, 0.1) is 0 Å². The van der Waals surface area contributed by atoms with Crippen molar-refractivity contribution in [2.24, 2.45) is 0 Å². The van der Waals surface area contributed by atoms with Crippen molar-refractivity contribution in [2.45, 2.75) is 50.4 Å². The molecule has 2 rings (SSSR count). The lowest BCUT2D eigenvalue weighted by Gasteiger charge is -2.35. The molecule has 160 valence electrons. The van der Waals surface area contributed by atoms with Crippen LogP contribution in [0.3, 0.4) is 0 Å². The van der Waals surface area contributed by atoms with Gasteiger partial charge in [0.15, 0.2) is 0 Å². The van der Waals surface area contributed by atoms with Gasteiger partial charge in [-0.05, 0) is 38.5 Å². The number of pyridine rings is 1. The predicted molar refractivity (Wildman–Crippen MR) is 116 cm³/mol. The first-order chi connectivity index (χ1) is 13.9. The van der Waals surface area contributed by atoms with Crippen LogP contribution in [-0.4, -0.2) is 47.3 Å². The van der Waals surface area contributed by atoms with E-state index in [0.29, 0.717) is 13.2 Å². The lowest BCUT2D eigenvalue weighted by atomic mass is 10.0. The monoisotopic (exact) mass is 420 g/mol. The van der Waals surface area contributed by atoms with Crippen LogP contribution < -0.4 is 4.72 Å². The third-order valence-electron chi connectivity index (χ3n) is 4.46. The van der Waals surface area contributed by atoms with Crippen molar-refractivity contribution in [2.75, 3.05) is 20.8 Å². The lowest BCUT2D eigenvalue weighted by molar-refractivity contribution is -0.0510. The van der Waals surface area contributed by atoms with Gasteiger partial charge in [-0.3, -0.25) is 4.98 Å². The van der Waals surface area contributed by atoms with E-state index in [2.05, 4.69) is 9.71 Å². The molecule has 1 aromatic heterocycles. The van der Waals surface area contributed by atoms with Gasteiger partial charge in [0.1, 0.15) is 23.0 Å². The zero-order valence-corrected chi connectivity index (χ0v) is 18.6. The summed E-state index contributed by atoms with van der Waals surface area (Å²) in [7, 11) is 3.24. The van der Waals surface area contributed by atoms with Crippen molar-refractivity contribution in [1.29, 1.82) is 0 Å². The van der Waals surface area contributed by atoms with E-state index in [9.17, 15) is 4.55 Å². The molecule has 7 heteroatoms. The van der Waals surface area contributed by atoms with Crippen molar-refractivity contribution < 1.29 is 18.8 Å². The van der Waals surface area contributed by atoms with Gasteiger partial charge >= 0.3 is 0 Å². The molecule has 0 unspecified atom stereocenters. The zero-order valence-electron chi connectivity index (χ0n) is 17.8. The molecule has 0 fully saturated rings. The van der Waals surface area contributed by atoms with Crippen molar-refractivity contribution in [3.63, 3.8) is 0 Å². The molecule has 1 heterocycles. The van der Waals surface area contributed by atoms with Crippen LogP contribution >= 0.6 is 0 Å². The summed E-state index contributed by atoms with van der Waals surface area (Å²) in [6.45, 7) is 6.55. The molecule has 0 spiro atoms. The Morgan fingerprint density at radius 1 is 1.03 bits per heavy atom. The number of hydrogen-bond donors (Lipinski definition) is 1. The van der Waals surface area contributed by atoms with Crippen LogP contribution in [0.1, 0.15) is 38.1 Å². The minimum atomic E-state index is -1.32. The van der Waals surface area contributed by atoms with Crippen molar-refractivity contribution in [3.05, 3.63) is 66.0 Å². The van der Waals surface area contributed by atoms with Gasteiger partial charge in [0.25, 0.3) is 0 Å². The summed E-state index contributed by atoms with van der Waals surface area (Å²) in [6, 6.07) is 15.2. The van der Waals surface area contributed by atoms with Crippen LogP contribution in [0.4, 0.5) is 0 Å². The minimum absolute atomic E-state index is 0.317. The number of benzene rings is 1. The van der Waals surface area contributed by atoms with Gasteiger partial charge in [0.05, 0.1) is 18.9 Å². The first kappa shape index (κ1) is 23.8. The maximum Gasteiger partial charge on any atom is 0.136 e. The fraction of sp³-hybridized carbons (Fsp3) is 0.500. The first-order valence-electron chi connectivity index (χ1n) is 9.63. The predicted octanol–water partition coefficient (Wildman–Crippen LogP) is 3.42. The normalized spacial score (nSPS) is 16.2. The summed E-state index contributed by atoms with van der Waals surface area (Å²) >= 11 is -1.32. The van der Waals surface area contributed by atoms with Crippen LogP contribution in [-0.2, 0) is 32.2 Å². The van der Waals surface area contributed by atoms with Gasteiger partial charge in [-0.25, -0.2) is 0 Å². The Balaban J connectivity index is 2.18. The maximum atomic E-state index is 12.9. The van der Waals surface area contributed by atoms with E-state index < -0.39 is 34.4 Å². The summed E-state index contributed by atoms with van der Waals surface area (Å²) in [6.07, 6.45) is 0.872. The second kappa shape index (κ2) is 11.6. The number of methoxy groups -OCH3 is 2. The SMILES string of the molecule is CO[C@H](COCc1ccccc1)[C@H](N[S@+]([O-])C(C)(C)C)[C@@H](OC)c1ccccn1. The van der Waals surface area contributed by atoms with Gasteiger partial charge < -0.3 is 18.8 Å². The van der Waals surface area contributed by atoms with E-state index in [4.69, 9.17) is 14.2 Å². The quantitative estimate of drug-likeness (QED) is 0.562. The highest BCUT2D eigenvalue weighted by atomic mass is 32.2. The van der Waals surface area contributed by atoms with Crippen LogP contribution in [0.5, 0.6) is 0 Å². The van der Waals surface area contributed by atoms with Gasteiger partial charge in [-0.1, -0.05) is 36.4 Å². The average Bonchev–Trinajstić information content (AvgIpc) is 2.72. The Bertz CT molecular complexity index is 697. The summed E-state index contributed by atoms with van der Waals surface area (Å²) in [5.41, 5.74) is 1.82. The van der Waals surface area contributed by atoms with E-state index >= 15 is 0 Å². The highest BCUT2D eigenvalue weighted by Gasteiger charge is 2.39. The van der Waals surface area contributed by atoms with Crippen LogP contribution in [0.2, 0.25) is 0 Å². The van der Waals surface area contributed by atoms with Crippen molar-refractivity contribution in [1.82, 2.24) is 9.71 Å². The molecule has 0 aliphatic carbocycles. The Hall–Kier alpha value is -1.48. The number of nitrogens with one attached hydrogen (secondary N) is 1. The molecule has 0 saturated heterocycles. The lowest BCUT2D eigenvalue weighted by Crippen LogP contribution is -2.54. The van der Waals surface area contributed by atoms with E-state index in [-0.39, 0.29) is 0 Å². The molecule has 0 bridgehead atoms. The molecule has 0 aliphatic heterocycles. The molecule has 0 aliphatic rings. The third kappa shape index (κ3) is 7.37. The second-order valence-electron chi connectivity index (χ2n) is 7.71. The Labute approximate surface area is 177 Å². The highest BCUT2D eigenvalue weighted by Crippen LogP contribution is 2.25. The average molecular weight is 421 g/mol. The molecular formula is C22H32N2O4S. The fourth-order valence-electron chi connectivity index (χ4n) is 2.81. The molecule has 1 N–H and O–H groups in total. The number of rotatable bonds is 11. The molecule has 29 heavy (non-hydrogen) atoms. The third-order valence-corrected chi connectivity index (χ3v) is 6.05. The second-order valence-corrected chi connectivity index (χ2v) is 9.71. The number of nitrogens with zero attached hydrogens (tertiary/aromatic N) is 1. The van der Waals surface area contributed by atoms with Crippen LogP contribution in [0.15, 0.2) is 54.7 Å². The van der Waals surface area contributed by atoms with E-state index in [1.807, 2.05) is 69.3 Å². The molecule has 0 radical (unpaired) electrons. The summed E-state index contributed by atoms with van der Waals surface area (Å²) in [5, 5.41) is 0. The first-order valence-corrected chi connectivity index (χ1v) is 10.8. The minimum Gasteiger partial charge on any atom is -0.598 e. The molecule has 2 aromatic rings. The van der Waals surface area contributed by atoms with E-state index in [1.54, 1.807) is 20.4 Å². The number of hydrogen-bond acceptors (Lipinski definition) is 6. The molecule has 0 saturated carbocycles. The number of ether oxygens (including phenoxy) is 3. The zero-order chi connectivity index (χ0) is 21.3. The molecule has 1 aromatic carbocycles. The standard InChI is InChI=1S/C22H32N2O4S/c1-22(2,3)29(25)24-20(21(27-5)18-13-9-10-14-23-18)19(26-4)16-28-15-17-11-7-6-8-12-17/h6-14,19-21,24H,15-16H2,1-5H3/t19-,20+,21+,29-/m1/s1. The van der Waals surface area contributed by atoms with Gasteiger partial charge in [0, 0.05) is 31.8 Å². The van der Waals surface area contributed by atoms with Gasteiger partial charge in [0.2, 0.25) is 0 Å². The Kier molecular flexibility index (Phi) is 9.55. The van der Waals surface area contributed by atoms with E-state index in [0.717, 1.165) is 11.3 Å². The Morgan fingerprint density at radius 2 is 1.72 bits per heavy atom. The van der Waals surface area contributed by atoms with Crippen LogP contribution in [0.25, 0.3) is 0 Å². The molecular weight excluding hydrogens is 388 g/mol. The topological polar surface area (TPSA) is 75.7 Å². The summed E-state index contributed by atoms with van der Waals surface area (Å²) in [4.78, 5) is 4.42. The molecule has 0 amide bonds. The van der Waals surface area contributed by atoms with Crippen molar-refractivity contribution in [3.8, 4) is 0 Å². The fourth-order valence-corrected chi connectivity index (χ4v) is 3.69. The Morgan fingerprint density at radius 3 is 2.28 bits per heavy atom.